The number of ether oxygens (including phenoxy) is 1. The number of carboxylic acid groups (broad SMARTS) is 1. The van der Waals surface area contributed by atoms with Crippen LogP contribution in [-0.4, -0.2) is 59.6 Å². The molecule has 1 saturated heterocycles. The van der Waals surface area contributed by atoms with E-state index in [4.69, 9.17) is 4.74 Å². The Balaban J connectivity index is 2.24. The van der Waals surface area contributed by atoms with E-state index in [1.54, 1.807) is 0 Å². The summed E-state index contributed by atoms with van der Waals surface area (Å²) in [5.41, 5.74) is -1.02. The molecule has 1 aromatic carbocycles. The number of methoxy groups -OCH3 is 1. The molecule has 0 aromatic heterocycles. The Kier molecular flexibility index (Phi) is 5.31. The molecule has 0 spiro atoms. The second-order valence-corrected chi connectivity index (χ2v) is 6.72. The minimum absolute atomic E-state index is 0.170. The third kappa shape index (κ3) is 3.20. The average molecular weight is 434 g/mol. The Morgan fingerprint density at radius 3 is 2.50 bits per heavy atom. The molecular formula is C18H15F5N2O5. The molecule has 1 fully saturated rings. The molecule has 2 aliphatic rings. The Morgan fingerprint density at radius 2 is 1.93 bits per heavy atom. The molecule has 162 valence electrons. The van der Waals surface area contributed by atoms with Crippen molar-refractivity contribution in [2.75, 3.05) is 18.6 Å². The van der Waals surface area contributed by atoms with Crippen LogP contribution in [0.5, 0.6) is 5.75 Å². The van der Waals surface area contributed by atoms with Gasteiger partial charge in [0.05, 0.1) is 31.3 Å². The van der Waals surface area contributed by atoms with Crippen LogP contribution < -0.4 is 9.64 Å². The van der Waals surface area contributed by atoms with E-state index in [9.17, 15) is 37.1 Å². The molecule has 0 bridgehead atoms. The number of halogens is 5. The lowest BCUT2D eigenvalue weighted by atomic mass is 9.87. The number of rotatable bonds is 4. The fraction of sp³-hybridized carbons (Fsp3) is 0.389. The highest BCUT2D eigenvalue weighted by atomic mass is 19.3. The smallest absolute Gasteiger partial charge is 0.366 e. The van der Waals surface area contributed by atoms with Crippen molar-refractivity contribution >= 4 is 23.2 Å². The molecule has 7 nitrogen and oxygen atoms in total. The van der Waals surface area contributed by atoms with Gasteiger partial charge in [-0.25, -0.2) is 9.18 Å². The van der Waals surface area contributed by atoms with Gasteiger partial charge < -0.3 is 14.7 Å². The van der Waals surface area contributed by atoms with Gasteiger partial charge in [0.1, 0.15) is 11.7 Å². The Hall–Kier alpha value is -3.02. The summed E-state index contributed by atoms with van der Waals surface area (Å²) < 4.78 is 78.2. The number of anilines is 1. The van der Waals surface area contributed by atoms with E-state index in [0.29, 0.717) is 6.08 Å². The molecule has 0 radical (unpaired) electrons. The summed E-state index contributed by atoms with van der Waals surface area (Å²) in [5, 5.41) is 7.47. The van der Waals surface area contributed by atoms with E-state index in [1.165, 1.54) is 0 Å². The van der Waals surface area contributed by atoms with Crippen molar-refractivity contribution in [2.24, 2.45) is 5.92 Å². The maximum atomic E-state index is 16.1. The molecule has 1 aromatic rings. The molecule has 3 unspecified atom stereocenters. The minimum atomic E-state index is -4.95. The maximum Gasteiger partial charge on any atom is 0.366 e. The van der Waals surface area contributed by atoms with Crippen LogP contribution in [-0.2, 0) is 9.59 Å². The summed E-state index contributed by atoms with van der Waals surface area (Å²) >= 11 is 0. The summed E-state index contributed by atoms with van der Waals surface area (Å²) in [6.07, 6.45) is -2.75. The first-order valence-corrected chi connectivity index (χ1v) is 8.54. The molecule has 3 rings (SSSR count). The number of benzene rings is 1. The van der Waals surface area contributed by atoms with Crippen LogP contribution in [0, 0.1) is 5.92 Å². The summed E-state index contributed by atoms with van der Waals surface area (Å²) in [5.74, 6) is -9.94. The zero-order chi connectivity index (χ0) is 22.4. The van der Waals surface area contributed by atoms with Crippen LogP contribution in [0.15, 0.2) is 30.4 Å². The van der Waals surface area contributed by atoms with Gasteiger partial charge in [-0.3, -0.25) is 9.59 Å². The molecule has 30 heavy (non-hydrogen) atoms. The van der Waals surface area contributed by atoms with E-state index in [1.807, 2.05) is 0 Å². The van der Waals surface area contributed by atoms with E-state index < -0.39 is 70.9 Å². The topological polar surface area (TPSA) is 87.2 Å². The van der Waals surface area contributed by atoms with Gasteiger partial charge in [-0.2, -0.15) is 13.2 Å². The number of aromatic carboxylic acids is 1. The van der Waals surface area contributed by atoms with E-state index in [0.717, 1.165) is 31.4 Å². The number of Topliss-reactive ketones (excluding diaryl/α,β-unsaturated/α-hetero) is 1. The van der Waals surface area contributed by atoms with Crippen molar-refractivity contribution in [3.8, 4) is 5.75 Å². The number of hydrogen-bond donors (Lipinski definition) is 1. The maximum absolute atomic E-state index is 16.1. The highest BCUT2D eigenvalue weighted by molar-refractivity contribution is 6.09. The van der Waals surface area contributed by atoms with Crippen LogP contribution in [0.1, 0.15) is 16.8 Å². The van der Waals surface area contributed by atoms with Gasteiger partial charge in [-0.15, -0.1) is 4.48 Å². The summed E-state index contributed by atoms with van der Waals surface area (Å²) in [4.78, 5) is 35.1. The van der Waals surface area contributed by atoms with Crippen molar-refractivity contribution in [1.29, 1.82) is 0 Å². The SMILES string of the molecule is COc1ccc(C(=O)O)cc1N1CC(F)C(F)(F)N(F)C1(F)C1C=CC(=O)CC1=O. The molecule has 1 heterocycles. The normalized spacial score (nSPS) is 29.2. The molecule has 1 N–H and O–H groups in total. The van der Waals surface area contributed by atoms with Crippen molar-refractivity contribution in [3.05, 3.63) is 35.9 Å². The van der Waals surface area contributed by atoms with Crippen LogP contribution in [0.25, 0.3) is 0 Å². The van der Waals surface area contributed by atoms with Gasteiger partial charge in [0.25, 0.3) is 5.92 Å². The van der Waals surface area contributed by atoms with Crippen LogP contribution in [0.4, 0.5) is 27.7 Å². The molecular weight excluding hydrogens is 419 g/mol. The minimum Gasteiger partial charge on any atom is -0.495 e. The van der Waals surface area contributed by atoms with Gasteiger partial charge in [0.2, 0.25) is 0 Å². The van der Waals surface area contributed by atoms with Crippen molar-refractivity contribution in [1.82, 2.24) is 5.12 Å². The number of carbonyl (C=O) groups excluding carboxylic acids is 2. The van der Waals surface area contributed by atoms with Crippen LogP contribution >= 0.6 is 0 Å². The van der Waals surface area contributed by atoms with E-state index in [-0.39, 0.29) is 10.6 Å². The van der Waals surface area contributed by atoms with Gasteiger partial charge >= 0.3 is 12.0 Å². The molecule has 12 heteroatoms. The summed E-state index contributed by atoms with van der Waals surface area (Å²) in [6, 6.07) is -2.07. The predicted molar refractivity (Wildman–Crippen MR) is 91.2 cm³/mol. The summed E-state index contributed by atoms with van der Waals surface area (Å²) in [7, 11) is 1.09. The highest BCUT2D eigenvalue weighted by Crippen LogP contribution is 2.50. The quantitative estimate of drug-likeness (QED) is 0.338. The third-order valence-corrected chi connectivity index (χ3v) is 4.92. The molecule has 1 aliphatic heterocycles. The number of carbonyl (C=O) groups is 3. The second kappa shape index (κ2) is 7.35. The zero-order valence-electron chi connectivity index (χ0n) is 15.3. The van der Waals surface area contributed by atoms with Crippen molar-refractivity contribution < 1.29 is 46.3 Å². The standard InChI is InChI=1S/C18H15F5N2O5/c1-30-14-5-2-9(16(28)29)6-12(14)24-8-15(19)17(20,21)25(23)18(24,22)11-4-3-10(26)7-13(11)27/h2-6,11,15H,7-8H2,1H3,(H,28,29). The monoisotopic (exact) mass is 434 g/mol. The van der Waals surface area contributed by atoms with E-state index in [2.05, 4.69) is 0 Å². The lowest BCUT2D eigenvalue weighted by Gasteiger charge is -2.51. The fourth-order valence-corrected chi connectivity index (χ4v) is 3.41. The number of ketones is 2. The van der Waals surface area contributed by atoms with Gasteiger partial charge in [0.15, 0.2) is 17.7 Å². The van der Waals surface area contributed by atoms with Crippen LogP contribution in [0.3, 0.4) is 0 Å². The number of allylic oxidation sites excluding steroid dienone is 1. The lowest BCUT2D eigenvalue weighted by molar-refractivity contribution is -0.356. The Labute approximate surface area is 166 Å². The fourth-order valence-electron chi connectivity index (χ4n) is 3.41. The predicted octanol–water partition coefficient (Wildman–Crippen LogP) is 2.67. The van der Waals surface area contributed by atoms with Crippen molar-refractivity contribution in [2.45, 2.75) is 24.6 Å². The average Bonchev–Trinajstić information content (AvgIpc) is 2.69. The van der Waals surface area contributed by atoms with Crippen LogP contribution in [0.2, 0.25) is 0 Å². The lowest BCUT2D eigenvalue weighted by Crippen LogP contribution is -2.73. The highest BCUT2D eigenvalue weighted by Gasteiger charge is 2.69. The molecule has 0 amide bonds. The molecule has 0 saturated carbocycles. The van der Waals surface area contributed by atoms with E-state index >= 15 is 4.39 Å². The van der Waals surface area contributed by atoms with Gasteiger partial charge in [-0.05, 0) is 29.4 Å². The largest absolute Gasteiger partial charge is 0.495 e. The third-order valence-electron chi connectivity index (χ3n) is 4.92. The second-order valence-electron chi connectivity index (χ2n) is 6.72. The zero-order valence-corrected chi connectivity index (χ0v) is 15.3. The summed E-state index contributed by atoms with van der Waals surface area (Å²) in [6.45, 7) is -1.44. The number of nitrogens with zero attached hydrogens (tertiary/aromatic N) is 2. The number of carboxylic acids is 1. The Morgan fingerprint density at radius 1 is 1.27 bits per heavy atom. The number of alkyl halides is 4. The first kappa shape index (κ1) is 21.7. The molecule has 1 aliphatic carbocycles. The Bertz CT molecular complexity index is 940. The van der Waals surface area contributed by atoms with Crippen molar-refractivity contribution in [3.63, 3.8) is 0 Å². The first-order valence-electron chi connectivity index (χ1n) is 8.54. The molecule has 3 atom stereocenters. The van der Waals surface area contributed by atoms with Gasteiger partial charge in [0, 0.05) is 0 Å². The number of hydrogen-bond acceptors (Lipinski definition) is 6. The van der Waals surface area contributed by atoms with Gasteiger partial charge in [-0.1, -0.05) is 6.08 Å². The first-order chi connectivity index (χ1) is 13.9.